The fraction of sp³-hybridized carbons (Fsp3) is 0.571. The van der Waals surface area contributed by atoms with Crippen LogP contribution in [-0.4, -0.2) is 36.3 Å². The largest absolute Gasteiger partial charge is 0.346 e. The highest BCUT2D eigenvalue weighted by atomic mass is 32.1. The molecule has 0 aliphatic rings. The van der Waals surface area contributed by atoms with Gasteiger partial charge in [-0.2, -0.15) is 0 Å². The van der Waals surface area contributed by atoms with Crippen molar-refractivity contribution < 1.29 is 9.59 Å². The van der Waals surface area contributed by atoms with E-state index in [0.29, 0.717) is 0 Å². The Morgan fingerprint density at radius 3 is 2.55 bits per heavy atom. The standard InChI is InChI=1S/C14H23N3O2S/c1-9(2)13(15)14(19)16-8-12(18)17(4)10(3)11-6-5-7-20-11/h5-7,9-10,13H,8,15H2,1-4H3,(H,16,19)/t10?,13-/m0/s1. The fourth-order valence-electron chi connectivity index (χ4n) is 1.64. The van der Waals surface area contributed by atoms with E-state index in [2.05, 4.69) is 5.32 Å². The van der Waals surface area contributed by atoms with Crippen LogP contribution >= 0.6 is 11.3 Å². The first-order valence-electron chi connectivity index (χ1n) is 6.67. The van der Waals surface area contributed by atoms with Gasteiger partial charge in [0.05, 0.1) is 18.6 Å². The van der Waals surface area contributed by atoms with Crippen LogP contribution in [0.1, 0.15) is 31.7 Å². The van der Waals surface area contributed by atoms with Crippen LogP contribution in [0.2, 0.25) is 0 Å². The second-order valence-corrected chi connectivity index (χ2v) is 6.16. The van der Waals surface area contributed by atoms with E-state index >= 15 is 0 Å². The van der Waals surface area contributed by atoms with Gasteiger partial charge in [0, 0.05) is 11.9 Å². The molecule has 0 spiro atoms. The van der Waals surface area contributed by atoms with Crippen molar-refractivity contribution in [3.05, 3.63) is 22.4 Å². The Bertz CT molecular complexity index is 445. The number of carbonyl (C=O) groups is 2. The second kappa shape index (κ2) is 7.40. The number of carbonyl (C=O) groups excluding carboxylic acids is 2. The van der Waals surface area contributed by atoms with E-state index in [9.17, 15) is 9.59 Å². The van der Waals surface area contributed by atoms with Gasteiger partial charge in [0.25, 0.3) is 0 Å². The summed E-state index contributed by atoms with van der Waals surface area (Å²) in [5, 5.41) is 4.57. The van der Waals surface area contributed by atoms with Gasteiger partial charge in [-0.05, 0) is 24.3 Å². The average Bonchev–Trinajstić information content (AvgIpc) is 2.95. The monoisotopic (exact) mass is 297 g/mol. The minimum absolute atomic E-state index is 0.00169. The molecular formula is C14H23N3O2S. The van der Waals surface area contributed by atoms with Crippen molar-refractivity contribution >= 4 is 23.2 Å². The van der Waals surface area contributed by atoms with E-state index in [0.717, 1.165) is 4.88 Å². The van der Waals surface area contributed by atoms with Gasteiger partial charge < -0.3 is 16.0 Å². The first kappa shape index (κ1) is 16.7. The van der Waals surface area contributed by atoms with Crippen molar-refractivity contribution in [3.8, 4) is 0 Å². The maximum Gasteiger partial charge on any atom is 0.242 e. The first-order valence-corrected chi connectivity index (χ1v) is 7.55. The highest BCUT2D eigenvalue weighted by Crippen LogP contribution is 2.23. The summed E-state index contributed by atoms with van der Waals surface area (Å²) in [6.45, 7) is 5.69. The highest BCUT2D eigenvalue weighted by molar-refractivity contribution is 7.10. The Morgan fingerprint density at radius 2 is 2.05 bits per heavy atom. The molecule has 0 aliphatic heterocycles. The molecular weight excluding hydrogens is 274 g/mol. The van der Waals surface area contributed by atoms with Crippen molar-refractivity contribution in [2.75, 3.05) is 13.6 Å². The molecule has 2 atom stereocenters. The van der Waals surface area contributed by atoms with E-state index in [1.54, 1.807) is 23.3 Å². The zero-order valence-electron chi connectivity index (χ0n) is 12.4. The topological polar surface area (TPSA) is 75.4 Å². The molecule has 0 radical (unpaired) electrons. The number of nitrogens with two attached hydrogens (primary N) is 1. The number of thiophene rings is 1. The molecule has 1 rings (SSSR count). The van der Waals surface area contributed by atoms with Gasteiger partial charge in [0.1, 0.15) is 0 Å². The van der Waals surface area contributed by atoms with Crippen molar-refractivity contribution in [1.29, 1.82) is 0 Å². The number of likely N-dealkylation sites (N-methyl/N-ethyl adjacent to an activating group) is 1. The van der Waals surface area contributed by atoms with Crippen LogP contribution in [-0.2, 0) is 9.59 Å². The maximum atomic E-state index is 12.1. The molecule has 0 aliphatic carbocycles. The van der Waals surface area contributed by atoms with Crippen LogP contribution < -0.4 is 11.1 Å². The average molecular weight is 297 g/mol. The number of rotatable bonds is 6. The molecule has 0 fully saturated rings. The molecule has 3 N–H and O–H groups in total. The first-order chi connectivity index (χ1) is 9.34. The smallest absolute Gasteiger partial charge is 0.242 e. The van der Waals surface area contributed by atoms with Crippen molar-refractivity contribution in [1.82, 2.24) is 10.2 Å². The molecule has 0 saturated carbocycles. The highest BCUT2D eigenvalue weighted by Gasteiger charge is 2.21. The summed E-state index contributed by atoms with van der Waals surface area (Å²) in [5.74, 6) is -0.367. The van der Waals surface area contributed by atoms with Crippen LogP contribution in [0.3, 0.4) is 0 Å². The minimum atomic E-state index is -0.581. The van der Waals surface area contributed by atoms with E-state index in [-0.39, 0.29) is 30.3 Å². The lowest BCUT2D eigenvalue weighted by Gasteiger charge is -2.24. The lowest BCUT2D eigenvalue weighted by molar-refractivity contribution is -0.133. The van der Waals surface area contributed by atoms with Gasteiger partial charge in [-0.3, -0.25) is 9.59 Å². The van der Waals surface area contributed by atoms with Crippen molar-refractivity contribution in [2.45, 2.75) is 32.9 Å². The summed E-state index contributed by atoms with van der Waals surface area (Å²) in [6, 6.07) is 3.37. The van der Waals surface area contributed by atoms with Crippen molar-refractivity contribution in [3.63, 3.8) is 0 Å². The molecule has 2 amide bonds. The summed E-state index contributed by atoms with van der Waals surface area (Å²) in [7, 11) is 1.74. The number of hydrogen-bond donors (Lipinski definition) is 2. The van der Waals surface area contributed by atoms with E-state index in [1.165, 1.54) is 0 Å². The van der Waals surface area contributed by atoms with Gasteiger partial charge in [0.15, 0.2) is 0 Å². The van der Waals surface area contributed by atoms with Crippen LogP contribution in [0.4, 0.5) is 0 Å². The Kier molecular flexibility index (Phi) is 6.16. The Hall–Kier alpha value is -1.40. The summed E-state index contributed by atoms with van der Waals surface area (Å²) < 4.78 is 0. The van der Waals surface area contributed by atoms with Crippen LogP contribution in [0.15, 0.2) is 17.5 Å². The molecule has 0 bridgehead atoms. The number of hydrogen-bond acceptors (Lipinski definition) is 4. The van der Waals surface area contributed by atoms with Crippen molar-refractivity contribution in [2.24, 2.45) is 11.7 Å². The third-order valence-corrected chi connectivity index (χ3v) is 4.41. The zero-order chi connectivity index (χ0) is 15.3. The quantitative estimate of drug-likeness (QED) is 0.832. The molecule has 20 heavy (non-hydrogen) atoms. The van der Waals surface area contributed by atoms with E-state index < -0.39 is 6.04 Å². The van der Waals surface area contributed by atoms with E-state index in [4.69, 9.17) is 5.73 Å². The van der Waals surface area contributed by atoms with Gasteiger partial charge >= 0.3 is 0 Å². The lowest BCUT2D eigenvalue weighted by Crippen LogP contribution is -2.47. The lowest BCUT2D eigenvalue weighted by atomic mass is 10.1. The molecule has 5 nitrogen and oxygen atoms in total. The zero-order valence-corrected chi connectivity index (χ0v) is 13.2. The van der Waals surface area contributed by atoms with Gasteiger partial charge in [-0.25, -0.2) is 0 Å². The Morgan fingerprint density at radius 1 is 1.40 bits per heavy atom. The van der Waals surface area contributed by atoms with E-state index in [1.807, 2.05) is 38.3 Å². The third-order valence-electron chi connectivity index (χ3n) is 3.36. The molecule has 1 heterocycles. The number of amides is 2. The second-order valence-electron chi connectivity index (χ2n) is 5.18. The maximum absolute atomic E-state index is 12.1. The van der Waals surface area contributed by atoms with Crippen LogP contribution in [0.25, 0.3) is 0 Å². The van der Waals surface area contributed by atoms with Gasteiger partial charge in [-0.15, -0.1) is 11.3 Å². The summed E-state index contributed by atoms with van der Waals surface area (Å²) in [5.41, 5.74) is 5.72. The number of nitrogens with one attached hydrogen (secondary N) is 1. The summed E-state index contributed by atoms with van der Waals surface area (Å²) in [4.78, 5) is 26.5. The molecule has 0 saturated heterocycles. The normalized spacial score (nSPS) is 13.9. The fourth-order valence-corrected chi connectivity index (χ4v) is 2.47. The summed E-state index contributed by atoms with van der Waals surface area (Å²) >= 11 is 1.61. The summed E-state index contributed by atoms with van der Waals surface area (Å²) in [6.07, 6.45) is 0. The molecule has 112 valence electrons. The van der Waals surface area contributed by atoms with Crippen LogP contribution in [0.5, 0.6) is 0 Å². The number of nitrogens with zero attached hydrogens (tertiary/aromatic N) is 1. The Balaban J connectivity index is 2.48. The molecule has 1 aromatic heterocycles. The molecule has 0 aromatic carbocycles. The molecule has 1 aromatic rings. The minimum Gasteiger partial charge on any atom is -0.346 e. The molecule has 1 unspecified atom stereocenters. The van der Waals surface area contributed by atoms with Gasteiger partial charge in [-0.1, -0.05) is 19.9 Å². The van der Waals surface area contributed by atoms with Gasteiger partial charge in [0.2, 0.25) is 11.8 Å². The van der Waals surface area contributed by atoms with Crippen LogP contribution in [0, 0.1) is 5.92 Å². The predicted molar refractivity (Wildman–Crippen MR) is 81.3 cm³/mol. The predicted octanol–water partition coefficient (Wildman–Crippen LogP) is 1.37. The SMILES string of the molecule is CC(C)[C@H](N)C(=O)NCC(=O)N(C)C(C)c1cccs1. The Labute approximate surface area is 124 Å². The third kappa shape index (κ3) is 4.31. The molecule has 6 heteroatoms.